The number of hydrogen-bond donors (Lipinski definition) is 1. The fourth-order valence-corrected chi connectivity index (χ4v) is 3.93. The van der Waals surface area contributed by atoms with Crippen LogP contribution in [0.1, 0.15) is 13.8 Å². The summed E-state index contributed by atoms with van der Waals surface area (Å²) in [6, 6.07) is 3.34. The maximum absolute atomic E-state index is 12.0. The number of carbonyl (C=O) groups is 1. The Labute approximate surface area is 154 Å². The lowest BCUT2D eigenvalue weighted by Gasteiger charge is -2.42. The molecule has 3 aliphatic heterocycles. The highest BCUT2D eigenvalue weighted by atomic mass is 79.9. The Hall–Kier alpha value is -2.21. The van der Waals surface area contributed by atoms with E-state index in [4.69, 9.17) is 14.7 Å². The van der Waals surface area contributed by atoms with Gasteiger partial charge in [-0.2, -0.15) is 5.10 Å². The number of halogens is 1. The fourth-order valence-electron chi connectivity index (χ4n) is 3.53. The Morgan fingerprint density at radius 3 is 3.04 bits per heavy atom. The van der Waals surface area contributed by atoms with Crippen molar-refractivity contribution in [1.29, 1.82) is 5.26 Å². The van der Waals surface area contributed by atoms with Gasteiger partial charge in [-0.15, -0.1) is 0 Å². The molecule has 1 unspecified atom stereocenters. The SMILES string of the molecule is CC1C(=O)NN=C2COc3cc(Br)c(OC4(C)CB(C#N)C4)cc3N21. The smallest absolute Gasteiger partial charge is 0.275 e. The molecule has 0 aromatic heterocycles. The molecular weight excluding hydrogens is 387 g/mol. The van der Waals surface area contributed by atoms with E-state index in [9.17, 15) is 4.79 Å². The lowest BCUT2D eigenvalue weighted by atomic mass is 9.31. The minimum atomic E-state index is -0.383. The van der Waals surface area contributed by atoms with Gasteiger partial charge in [0.2, 0.25) is 0 Å². The number of nitrogens with zero attached hydrogens (tertiary/aromatic N) is 3. The minimum absolute atomic E-state index is 0.0503. The molecule has 3 heterocycles. The number of ether oxygens (including phenoxy) is 2. The van der Waals surface area contributed by atoms with Crippen LogP contribution in [0.5, 0.6) is 11.5 Å². The first-order valence-corrected chi connectivity index (χ1v) is 8.90. The van der Waals surface area contributed by atoms with Gasteiger partial charge in [-0.05, 0) is 42.4 Å². The second-order valence-corrected chi connectivity index (χ2v) is 7.73. The second-order valence-electron chi connectivity index (χ2n) is 6.88. The van der Waals surface area contributed by atoms with Crippen LogP contribution in [0.2, 0.25) is 12.6 Å². The summed E-state index contributed by atoms with van der Waals surface area (Å²) < 4.78 is 12.7. The number of anilines is 1. The average molecular weight is 403 g/mol. The van der Waals surface area contributed by atoms with Crippen molar-refractivity contribution in [2.24, 2.45) is 5.10 Å². The van der Waals surface area contributed by atoms with E-state index in [0.717, 1.165) is 10.2 Å². The lowest BCUT2D eigenvalue weighted by molar-refractivity contribution is -0.122. The lowest BCUT2D eigenvalue weighted by Crippen LogP contribution is -2.55. The van der Waals surface area contributed by atoms with Gasteiger partial charge in [0, 0.05) is 18.1 Å². The number of rotatable bonds is 2. The third kappa shape index (κ3) is 2.65. The van der Waals surface area contributed by atoms with E-state index in [0.29, 0.717) is 36.6 Å². The first kappa shape index (κ1) is 16.3. The summed E-state index contributed by atoms with van der Waals surface area (Å²) in [5, 5.41) is 13.1. The maximum atomic E-state index is 12.0. The summed E-state index contributed by atoms with van der Waals surface area (Å²) in [5.74, 6) is 4.11. The van der Waals surface area contributed by atoms with Gasteiger partial charge < -0.3 is 14.4 Å². The number of carbonyl (C=O) groups excluding carboxylic acids is 1. The van der Waals surface area contributed by atoms with Crippen LogP contribution in [-0.4, -0.2) is 36.7 Å². The summed E-state index contributed by atoms with van der Waals surface area (Å²) >= 11 is 3.53. The predicted octanol–water partition coefficient (Wildman–Crippen LogP) is 2.19. The zero-order chi connectivity index (χ0) is 17.8. The second kappa shape index (κ2) is 5.66. The van der Waals surface area contributed by atoms with Crippen LogP contribution in [0.3, 0.4) is 0 Å². The Kier molecular flexibility index (Phi) is 3.69. The molecule has 25 heavy (non-hydrogen) atoms. The van der Waals surface area contributed by atoms with Crippen LogP contribution in [-0.2, 0) is 4.79 Å². The van der Waals surface area contributed by atoms with Crippen molar-refractivity contribution in [3.05, 3.63) is 16.6 Å². The first-order chi connectivity index (χ1) is 11.9. The quantitative estimate of drug-likeness (QED) is 0.766. The number of hydrazone groups is 1. The van der Waals surface area contributed by atoms with Gasteiger partial charge in [0.1, 0.15) is 24.1 Å². The number of nitriles is 1. The summed E-state index contributed by atoms with van der Waals surface area (Å²) in [7, 11) is 0. The molecule has 1 aromatic rings. The van der Waals surface area contributed by atoms with Crippen molar-refractivity contribution in [2.45, 2.75) is 38.1 Å². The van der Waals surface area contributed by atoms with E-state index in [1.54, 1.807) is 0 Å². The Morgan fingerprint density at radius 1 is 1.56 bits per heavy atom. The fraction of sp³-hybridized carbons (Fsp3) is 0.438. The van der Waals surface area contributed by atoms with E-state index in [-0.39, 0.29) is 24.3 Å². The van der Waals surface area contributed by atoms with Gasteiger partial charge in [0.25, 0.3) is 12.6 Å². The summed E-state index contributed by atoms with van der Waals surface area (Å²) in [5.41, 5.74) is 2.91. The molecule has 1 saturated heterocycles. The Balaban J connectivity index is 1.68. The molecule has 128 valence electrons. The van der Waals surface area contributed by atoms with E-state index in [2.05, 4.69) is 32.4 Å². The van der Waals surface area contributed by atoms with Crippen LogP contribution in [0, 0.1) is 11.2 Å². The summed E-state index contributed by atoms with van der Waals surface area (Å²) in [6.07, 6.45) is 1.41. The van der Waals surface area contributed by atoms with E-state index in [1.165, 1.54) is 0 Å². The van der Waals surface area contributed by atoms with Crippen molar-refractivity contribution >= 4 is 40.1 Å². The number of nitrogens with one attached hydrogen (secondary N) is 1. The highest BCUT2D eigenvalue weighted by Gasteiger charge is 2.46. The molecule has 1 N–H and O–H groups in total. The maximum Gasteiger partial charge on any atom is 0.275 e. The molecule has 0 aliphatic carbocycles. The normalized spacial score (nSPS) is 23.2. The molecule has 1 aromatic carbocycles. The van der Waals surface area contributed by atoms with Crippen LogP contribution in [0.25, 0.3) is 0 Å². The molecule has 0 radical (unpaired) electrons. The number of amidine groups is 1. The van der Waals surface area contributed by atoms with Gasteiger partial charge in [0.15, 0.2) is 5.84 Å². The molecule has 1 fully saturated rings. The molecule has 7 nitrogen and oxygen atoms in total. The van der Waals surface area contributed by atoms with Gasteiger partial charge in [-0.25, -0.2) is 10.7 Å². The molecule has 4 rings (SSSR count). The molecular formula is C16H16BBrN4O3. The third-order valence-electron chi connectivity index (χ3n) is 4.87. The zero-order valence-corrected chi connectivity index (χ0v) is 15.5. The molecule has 0 saturated carbocycles. The minimum Gasteiger partial charge on any atom is -0.488 e. The molecule has 1 amide bonds. The molecule has 3 aliphatic rings. The van der Waals surface area contributed by atoms with Crippen molar-refractivity contribution in [3.63, 3.8) is 0 Å². The van der Waals surface area contributed by atoms with Gasteiger partial charge >= 0.3 is 0 Å². The van der Waals surface area contributed by atoms with Crippen molar-refractivity contribution in [2.75, 3.05) is 11.5 Å². The third-order valence-corrected chi connectivity index (χ3v) is 5.48. The number of benzene rings is 1. The van der Waals surface area contributed by atoms with E-state index >= 15 is 0 Å². The monoisotopic (exact) mass is 402 g/mol. The Morgan fingerprint density at radius 2 is 2.32 bits per heavy atom. The van der Waals surface area contributed by atoms with E-state index in [1.807, 2.05) is 30.9 Å². The largest absolute Gasteiger partial charge is 0.488 e. The van der Waals surface area contributed by atoms with E-state index < -0.39 is 0 Å². The highest BCUT2D eigenvalue weighted by Crippen LogP contribution is 2.45. The van der Waals surface area contributed by atoms with Crippen LogP contribution >= 0.6 is 15.9 Å². The van der Waals surface area contributed by atoms with Crippen molar-refractivity contribution < 1.29 is 14.3 Å². The summed E-state index contributed by atoms with van der Waals surface area (Å²) in [6.45, 7) is 4.18. The van der Waals surface area contributed by atoms with Gasteiger partial charge in [0.05, 0.1) is 15.8 Å². The van der Waals surface area contributed by atoms with Crippen molar-refractivity contribution in [1.82, 2.24) is 5.43 Å². The van der Waals surface area contributed by atoms with Gasteiger partial charge in [-0.3, -0.25) is 4.79 Å². The zero-order valence-electron chi connectivity index (χ0n) is 13.9. The molecule has 9 heteroatoms. The Bertz CT molecular complexity index is 831. The highest BCUT2D eigenvalue weighted by molar-refractivity contribution is 9.10. The topological polar surface area (TPSA) is 87.0 Å². The standard InChI is InChI=1S/C16H16BBrN4O3/c1-9-15(23)21-20-14-5-24-13-3-10(18)12(4-11(13)22(9)14)25-16(2)6-17(7-16)8-19/h3-4,9H,5-7H2,1-2H3,(H,21,23). The van der Waals surface area contributed by atoms with Crippen LogP contribution < -0.4 is 19.8 Å². The number of fused-ring (bicyclic) bond motifs is 3. The first-order valence-electron chi connectivity index (χ1n) is 8.11. The van der Waals surface area contributed by atoms with Gasteiger partial charge in [-0.1, -0.05) is 0 Å². The molecule has 1 atom stereocenters. The number of hydrogen-bond acceptors (Lipinski definition) is 6. The average Bonchev–Trinajstić information content (AvgIpc) is 2.56. The predicted molar refractivity (Wildman–Crippen MR) is 97.2 cm³/mol. The molecule has 0 bridgehead atoms. The van der Waals surface area contributed by atoms with Crippen LogP contribution in [0.15, 0.2) is 21.7 Å². The molecule has 0 spiro atoms. The summed E-state index contributed by atoms with van der Waals surface area (Å²) in [4.78, 5) is 13.9. The number of amides is 1. The van der Waals surface area contributed by atoms with Crippen molar-refractivity contribution in [3.8, 4) is 17.5 Å². The van der Waals surface area contributed by atoms with Crippen LogP contribution in [0.4, 0.5) is 5.69 Å².